The highest BCUT2D eigenvalue weighted by Gasteiger charge is 2.29. The van der Waals surface area contributed by atoms with Crippen LogP contribution in [0.4, 0.5) is 13.2 Å². The maximum atomic E-state index is 12.4. The van der Waals surface area contributed by atoms with Gasteiger partial charge in [-0.15, -0.1) is 0 Å². The molecule has 2 rings (SSSR count). The zero-order valence-electron chi connectivity index (χ0n) is 11.8. The van der Waals surface area contributed by atoms with E-state index in [0.717, 1.165) is 23.3 Å². The lowest BCUT2D eigenvalue weighted by Gasteiger charge is -2.05. The van der Waals surface area contributed by atoms with Crippen molar-refractivity contribution in [1.82, 2.24) is 0 Å². The number of alkyl halides is 3. The van der Waals surface area contributed by atoms with Crippen LogP contribution < -0.4 is 0 Å². The summed E-state index contributed by atoms with van der Waals surface area (Å²) in [5.41, 5.74) is 1.20. The predicted molar refractivity (Wildman–Crippen MR) is 85.1 cm³/mol. The maximum absolute atomic E-state index is 12.4. The summed E-state index contributed by atoms with van der Waals surface area (Å²) in [5.74, 6) is 0. The molecule has 22 heavy (non-hydrogen) atoms. The van der Waals surface area contributed by atoms with Crippen molar-refractivity contribution < 1.29 is 13.2 Å². The molecule has 0 nitrogen and oxygen atoms in total. The average molecular weight is 300 g/mol. The van der Waals surface area contributed by atoms with Crippen LogP contribution in [0.2, 0.25) is 0 Å². The van der Waals surface area contributed by atoms with Gasteiger partial charge < -0.3 is 0 Å². The second-order valence-corrected chi connectivity index (χ2v) is 4.63. The number of halogens is 3. The zero-order chi connectivity index (χ0) is 15.8. The minimum Gasteiger partial charge on any atom is -0.166 e. The standard InChI is InChI=1S/C19H15F3/c20-19(21,22)18-14-12-17(13-15-18)11-5-2-1-4-8-16-9-6-3-7-10-16/h1-15H. The van der Waals surface area contributed by atoms with E-state index in [0.29, 0.717) is 0 Å². The molecule has 0 bridgehead atoms. The predicted octanol–water partition coefficient (Wildman–Crippen LogP) is 5.99. The number of allylic oxidation sites excluding steroid dienone is 4. The lowest BCUT2D eigenvalue weighted by atomic mass is 10.1. The van der Waals surface area contributed by atoms with Crippen molar-refractivity contribution in [3.05, 3.63) is 95.6 Å². The van der Waals surface area contributed by atoms with Gasteiger partial charge in [-0.2, -0.15) is 13.2 Å². The van der Waals surface area contributed by atoms with Crippen molar-refractivity contribution in [3.63, 3.8) is 0 Å². The van der Waals surface area contributed by atoms with Crippen molar-refractivity contribution in [2.24, 2.45) is 0 Å². The first-order valence-electron chi connectivity index (χ1n) is 6.79. The Morgan fingerprint density at radius 3 is 1.59 bits per heavy atom. The lowest BCUT2D eigenvalue weighted by Crippen LogP contribution is -2.03. The van der Waals surface area contributed by atoms with Crippen LogP contribution in [0.5, 0.6) is 0 Å². The quantitative estimate of drug-likeness (QED) is 0.608. The molecular weight excluding hydrogens is 285 g/mol. The highest BCUT2D eigenvalue weighted by Crippen LogP contribution is 2.29. The van der Waals surface area contributed by atoms with Crippen molar-refractivity contribution in [1.29, 1.82) is 0 Å². The Labute approximate surface area is 127 Å². The molecule has 0 fully saturated rings. The molecule has 2 aromatic rings. The second-order valence-electron chi connectivity index (χ2n) is 4.63. The second kappa shape index (κ2) is 7.46. The summed E-state index contributed by atoms with van der Waals surface area (Å²) in [7, 11) is 0. The molecule has 3 heteroatoms. The number of hydrogen-bond acceptors (Lipinski definition) is 0. The normalized spacial score (nSPS) is 12.7. The van der Waals surface area contributed by atoms with Gasteiger partial charge in [0.25, 0.3) is 0 Å². The van der Waals surface area contributed by atoms with Gasteiger partial charge in [0.15, 0.2) is 0 Å². The Bertz CT molecular complexity index is 660. The van der Waals surface area contributed by atoms with Gasteiger partial charge in [-0.05, 0) is 23.3 Å². The molecule has 0 spiro atoms. The van der Waals surface area contributed by atoms with Gasteiger partial charge >= 0.3 is 6.18 Å². The molecule has 0 unspecified atom stereocenters. The first-order chi connectivity index (χ1) is 10.6. The topological polar surface area (TPSA) is 0 Å². The van der Waals surface area contributed by atoms with Crippen molar-refractivity contribution >= 4 is 12.2 Å². The Hall–Kier alpha value is -2.55. The van der Waals surface area contributed by atoms with Gasteiger partial charge in [-0.25, -0.2) is 0 Å². The van der Waals surface area contributed by atoms with Crippen LogP contribution in [0.15, 0.2) is 78.9 Å². The Kier molecular flexibility index (Phi) is 5.37. The summed E-state index contributed by atoms with van der Waals surface area (Å²) in [6, 6.07) is 15.0. The van der Waals surface area contributed by atoms with E-state index < -0.39 is 11.7 Å². The van der Waals surface area contributed by atoms with E-state index in [9.17, 15) is 13.2 Å². The van der Waals surface area contributed by atoms with Crippen LogP contribution in [0, 0.1) is 0 Å². The van der Waals surface area contributed by atoms with Gasteiger partial charge in [0, 0.05) is 0 Å². The summed E-state index contributed by atoms with van der Waals surface area (Å²) in [6.45, 7) is 0. The monoisotopic (exact) mass is 300 g/mol. The molecule has 0 aliphatic heterocycles. The molecule has 2 aromatic carbocycles. The zero-order valence-corrected chi connectivity index (χ0v) is 11.8. The third-order valence-electron chi connectivity index (χ3n) is 2.95. The third-order valence-corrected chi connectivity index (χ3v) is 2.95. The first-order valence-corrected chi connectivity index (χ1v) is 6.79. The Morgan fingerprint density at radius 1 is 0.591 bits per heavy atom. The summed E-state index contributed by atoms with van der Waals surface area (Å²) in [5, 5.41) is 0. The van der Waals surface area contributed by atoms with Crippen molar-refractivity contribution in [3.8, 4) is 0 Å². The van der Waals surface area contributed by atoms with E-state index in [1.807, 2.05) is 54.6 Å². The number of benzene rings is 2. The lowest BCUT2D eigenvalue weighted by molar-refractivity contribution is -0.137. The SMILES string of the molecule is FC(F)(F)c1ccc(C=CC=CC=Cc2ccccc2)cc1. The first kappa shape index (κ1) is 15.8. The molecule has 0 aromatic heterocycles. The van der Waals surface area contributed by atoms with E-state index in [2.05, 4.69) is 0 Å². The minimum atomic E-state index is -4.29. The summed E-state index contributed by atoms with van der Waals surface area (Å²) < 4.78 is 37.2. The molecule has 112 valence electrons. The summed E-state index contributed by atoms with van der Waals surface area (Å²) in [4.78, 5) is 0. The molecule has 0 atom stereocenters. The molecule has 0 saturated heterocycles. The van der Waals surface area contributed by atoms with Crippen LogP contribution in [0.25, 0.3) is 12.2 Å². The van der Waals surface area contributed by atoms with Crippen LogP contribution in [0.1, 0.15) is 16.7 Å². The van der Waals surface area contributed by atoms with E-state index >= 15 is 0 Å². The third kappa shape index (κ3) is 5.09. The highest BCUT2D eigenvalue weighted by atomic mass is 19.4. The molecule has 0 aliphatic rings. The average Bonchev–Trinajstić information content (AvgIpc) is 2.51. The van der Waals surface area contributed by atoms with Gasteiger partial charge in [0.2, 0.25) is 0 Å². The minimum absolute atomic E-state index is 0.633. The fourth-order valence-electron chi connectivity index (χ4n) is 1.81. The molecular formula is C19H15F3. The van der Waals surface area contributed by atoms with Crippen LogP contribution in [-0.2, 0) is 6.18 Å². The molecule has 0 aliphatic carbocycles. The van der Waals surface area contributed by atoms with E-state index in [4.69, 9.17) is 0 Å². The van der Waals surface area contributed by atoms with Crippen LogP contribution in [-0.4, -0.2) is 0 Å². The molecule has 0 saturated carbocycles. The number of hydrogen-bond donors (Lipinski definition) is 0. The smallest absolute Gasteiger partial charge is 0.166 e. The van der Waals surface area contributed by atoms with Crippen LogP contribution >= 0.6 is 0 Å². The molecule has 0 amide bonds. The Morgan fingerprint density at radius 2 is 1.09 bits per heavy atom. The largest absolute Gasteiger partial charge is 0.416 e. The van der Waals surface area contributed by atoms with E-state index in [1.165, 1.54) is 12.1 Å². The van der Waals surface area contributed by atoms with Crippen molar-refractivity contribution in [2.45, 2.75) is 6.18 Å². The molecule has 0 heterocycles. The van der Waals surface area contributed by atoms with Gasteiger partial charge in [0.1, 0.15) is 0 Å². The highest BCUT2D eigenvalue weighted by molar-refractivity contribution is 5.53. The van der Waals surface area contributed by atoms with E-state index in [1.54, 1.807) is 12.2 Å². The fourth-order valence-corrected chi connectivity index (χ4v) is 1.81. The van der Waals surface area contributed by atoms with Crippen LogP contribution in [0.3, 0.4) is 0 Å². The van der Waals surface area contributed by atoms with Gasteiger partial charge in [-0.1, -0.05) is 78.9 Å². The Balaban J connectivity index is 1.90. The molecule has 0 radical (unpaired) electrons. The summed E-state index contributed by atoms with van der Waals surface area (Å²) >= 11 is 0. The summed E-state index contributed by atoms with van der Waals surface area (Å²) in [6.07, 6.45) is 6.84. The maximum Gasteiger partial charge on any atom is 0.416 e. The van der Waals surface area contributed by atoms with E-state index in [-0.39, 0.29) is 0 Å². The van der Waals surface area contributed by atoms with Crippen molar-refractivity contribution in [2.75, 3.05) is 0 Å². The van der Waals surface area contributed by atoms with Gasteiger partial charge in [-0.3, -0.25) is 0 Å². The fraction of sp³-hybridized carbons (Fsp3) is 0.0526. The molecule has 0 N–H and O–H groups in total. The van der Waals surface area contributed by atoms with Gasteiger partial charge in [0.05, 0.1) is 5.56 Å². The number of rotatable bonds is 4.